The van der Waals surface area contributed by atoms with Crippen LogP contribution in [-0.2, 0) is 6.61 Å². The van der Waals surface area contributed by atoms with Crippen molar-refractivity contribution in [3.05, 3.63) is 64.1 Å². The zero-order chi connectivity index (χ0) is 15.1. The van der Waals surface area contributed by atoms with E-state index in [2.05, 4.69) is 26.5 Å². The van der Waals surface area contributed by atoms with E-state index in [1.807, 2.05) is 48.5 Å². The monoisotopic (exact) mass is 347 g/mol. The second-order valence-corrected chi connectivity index (χ2v) is 5.11. The molecule has 0 radical (unpaired) electrons. The Hall–Kier alpha value is -2.34. The van der Waals surface area contributed by atoms with Crippen LogP contribution in [0.3, 0.4) is 0 Å². The van der Waals surface area contributed by atoms with E-state index in [1.54, 1.807) is 0 Å². The number of hydrogen-bond donors (Lipinski definition) is 2. The van der Waals surface area contributed by atoms with Crippen molar-refractivity contribution in [2.24, 2.45) is 10.8 Å². The van der Waals surface area contributed by atoms with Gasteiger partial charge in [0.25, 0.3) is 0 Å². The topological polar surface area (TPSA) is 76.7 Å². The molecule has 0 aliphatic rings. The van der Waals surface area contributed by atoms with Gasteiger partial charge in [0, 0.05) is 10.0 Å². The van der Waals surface area contributed by atoms with E-state index < -0.39 is 6.03 Å². The van der Waals surface area contributed by atoms with Gasteiger partial charge in [-0.15, -0.1) is 0 Å². The maximum atomic E-state index is 10.6. The molecular formula is C15H14BrN3O2. The van der Waals surface area contributed by atoms with Crippen LogP contribution in [0.1, 0.15) is 11.1 Å². The predicted octanol–water partition coefficient (Wildman–Crippen LogP) is 3.03. The Kier molecular flexibility index (Phi) is 5.34. The fraction of sp³-hybridized carbons (Fsp3) is 0.0667. The normalized spacial score (nSPS) is 10.5. The number of amides is 2. The number of primary amides is 1. The Morgan fingerprint density at radius 1 is 1.29 bits per heavy atom. The number of nitrogens with two attached hydrogens (primary N) is 1. The Labute approximate surface area is 130 Å². The first-order valence-electron chi connectivity index (χ1n) is 6.20. The summed E-state index contributed by atoms with van der Waals surface area (Å²) in [6.07, 6.45) is 1.48. The van der Waals surface area contributed by atoms with Gasteiger partial charge < -0.3 is 10.5 Å². The Morgan fingerprint density at radius 3 is 2.76 bits per heavy atom. The van der Waals surface area contributed by atoms with Crippen LogP contribution in [0.2, 0.25) is 0 Å². The first kappa shape index (κ1) is 15.1. The van der Waals surface area contributed by atoms with Crippen LogP contribution in [0, 0.1) is 0 Å². The number of hydrazone groups is 1. The number of rotatable bonds is 5. The molecule has 0 bridgehead atoms. The zero-order valence-electron chi connectivity index (χ0n) is 11.1. The number of benzene rings is 2. The van der Waals surface area contributed by atoms with Crippen LogP contribution in [0.15, 0.2) is 58.1 Å². The molecule has 0 aliphatic carbocycles. The van der Waals surface area contributed by atoms with E-state index in [9.17, 15) is 4.79 Å². The van der Waals surface area contributed by atoms with Crippen molar-refractivity contribution < 1.29 is 9.53 Å². The van der Waals surface area contributed by atoms with Gasteiger partial charge in [0.05, 0.1) is 6.21 Å². The van der Waals surface area contributed by atoms with Gasteiger partial charge in [0.15, 0.2) is 0 Å². The lowest BCUT2D eigenvalue weighted by molar-refractivity contribution is 0.249. The Bertz CT molecular complexity index is 645. The first-order valence-corrected chi connectivity index (χ1v) is 6.99. The first-order chi connectivity index (χ1) is 10.1. The van der Waals surface area contributed by atoms with Crippen molar-refractivity contribution in [3.8, 4) is 5.75 Å². The highest BCUT2D eigenvalue weighted by molar-refractivity contribution is 9.10. The summed E-state index contributed by atoms with van der Waals surface area (Å²) in [4.78, 5) is 10.6. The van der Waals surface area contributed by atoms with E-state index in [0.717, 1.165) is 15.6 Å². The number of nitrogens with zero attached hydrogens (tertiary/aromatic N) is 1. The highest BCUT2D eigenvalue weighted by Gasteiger charge is 2.03. The van der Waals surface area contributed by atoms with Crippen molar-refractivity contribution in [3.63, 3.8) is 0 Å². The molecule has 0 heterocycles. The third-order valence-corrected chi connectivity index (χ3v) is 3.08. The lowest BCUT2D eigenvalue weighted by atomic mass is 10.2. The summed E-state index contributed by atoms with van der Waals surface area (Å²) in [7, 11) is 0. The molecule has 5 nitrogen and oxygen atoms in total. The second-order valence-electron chi connectivity index (χ2n) is 4.19. The van der Waals surface area contributed by atoms with Crippen molar-refractivity contribution >= 4 is 28.2 Å². The summed E-state index contributed by atoms with van der Waals surface area (Å²) in [6, 6.07) is 14.7. The molecule has 108 valence electrons. The molecule has 6 heteroatoms. The minimum atomic E-state index is -0.715. The summed E-state index contributed by atoms with van der Waals surface area (Å²) >= 11 is 3.38. The molecular weight excluding hydrogens is 334 g/mol. The summed E-state index contributed by atoms with van der Waals surface area (Å²) in [6.45, 7) is 0.451. The molecule has 2 aromatic carbocycles. The number of ether oxygens (including phenoxy) is 1. The van der Waals surface area contributed by atoms with E-state index in [4.69, 9.17) is 10.5 Å². The third-order valence-electron chi connectivity index (χ3n) is 2.59. The van der Waals surface area contributed by atoms with Gasteiger partial charge in [-0.2, -0.15) is 5.10 Å². The molecule has 2 amide bonds. The van der Waals surface area contributed by atoms with Crippen LogP contribution in [0.4, 0.5) is 4.79 Å². The highest BCUT2D eigenvalue weighted by atomic mass is 79.9. The molecule has 21 heavy (non-hydrogen) atoms. The van der Waals surface area contributed by atoms with Crippen LogP contribution in [0.25, 0.3) is 0 Å². The second kappa shape index (κ2) is 7.44. The van der Waals surface area contributed by atoms with Crippen LogP contribution >= 0.6 is 15.9 Å². The van der Waals surface area contributed by atoms with Gasteiger partial charge in [-0.1, -0.05) is 46.3 Å². The molecule has 0 spiro atoms. The molecule has 0 fully saturated rings. The van der Waals surface area contributed by atoms with Crippen LogP contribution in [0.5, 0.6) is 5.75 Å². The third kappa shape index (κ3) is 4.92. The smallest absolute Gasteiger partial charge is 0.332 e. The van der Waals surface area contributed by atoms with E-state index >= 15 is 0 Å². The van der Waals surface area contributed by atoms with E-state index in [1.165, 1.54) is 6.21 Å². The van der Waals surface area contributed by atoms with Gasteiger partial charge in [0.1, 0.15) is 12.4 Å². The fourth-order valence-electron chi connectivity index (χ4n) is 1.65. The van der Waals surface area contributed by atoms with Crippen molar-refractivity contribution in [1.29, 1.82) is 0 Å². The number of halogens is 1. The molecule has 0 aromatic heterocycles. The van der Waals surface area contributed by atoms with Crippen molar-refractivity contribution in [1.82, 2.24) is 5.43 Å². The van der Waals surface area contributed by atoms with Gasteiger partial charge in [-0.3, -0.25) is 0 Å². The minimum absolute atomic E-state index is 0.451. The molecule has 0 atom stereocenters. The molecule has 0 saturated heterocycles. The maximum absolute atomic E-state index is 10.6. The molecule has 2 aromatic rings. The summed E-state index contributed by atoms with van der Waals surface area (Å²) < 4.78 is 6.66. The number of carbonyl (C=O) groups excluding carboxylic acids is 1. The summed E-state index contributed by atoms with van der Waals surface area (Å²) in [5.74, 6) is 0.664. The van der Waals surface area contributed by atoms with Gasteiger partial charge in [-0.05, 0) is 23.8 Å². The summed E-state index contributed by atoms with van der Waals surface area (Å²) in [5, 5.41) is 3.75. The maximum Gasteiger partial charge on any atom is 0.332 e. The van der Waals surface area contributed by atoms with Crippen LogP contribution < -0.4 is 15.9 Å². The lowest BCUT2D eigenvalue weighted by Gasteiger charge is -2.09. The Morgan fingerprint density at radius 2 is 2.05 bits per heavy atom. The fourth-order valence-corrected chi connectivity index (χ4v) is 2.03. The quantitative estimate of drug-likeness (QED) is 0.644. The highest BCUT2D eigenvalue weighted by Crippen LogP contribution is 2.22. The molecule has 3 N–H and O–H groups in total. The molecule has 2 rings (SSSR count). The number of urea groups is 1. The van der Waals surface area contributed by atoms with Crippen molar-refractivity contribution in [2.45, 2.75) is 6.61 Å². The molecule has 0 aliphatic heterocycles. The van der Waals surface area contributed by atoms with Crippen molar-refractivity contribution in [2.75, 3.05) is 0 Å². The number of carbonyl (C=O) groups is 1. The standard InChI is InChI=1S/C15H14BrN3O2/c16-13-6-7-14(12(8-13)9-18-19-15(17)20)21-10-11-4-2-1-3-5-11/h1-9H,10H2,(H3,17,19,20)/b18-9+. The largest absolute Gasteiger partial charge is 0.488 e. The summed E-state index contributed by atoms with van der Waals surface area (Å²) in [5.41, 5.74) is 8.91. The van der Waals surface area contributed by atoms with Gasteiger partial charge in [-0.25, -0.2) is 10.2 Å². The average molecular weight is 348 g/mol. The number of nitrogens with one attached hydrogen (secondary N) is 1. The minimum Gasteiger partial charge on any atom is -0.488 e. The Balaban J connectivity index is 2.11. The van der Waals surface area contributed by atoms with E-state index in [-0.39, 0.29) is 0 Å². The van der Waals surface area contributed by atoms with Crippen LogP contribution in [-0.4, -0.2) is 12.2 Å². The SMILES string of the molecule is NC(=O)N/N=C/c1cc(Br)ccc1OCc1ccccc1. The van der Waals surface area contributed by atoms with Gasteiger partial charge in [0.2, 0.25) is 0 Å². The number of hydrogen-bond acceptors (Lipinski definition) is 3. The average Bonchev–Trinajstić information content (AvgIpc) is 2.47. The molecule has 0 saturated carbocycles. The van der Waals surface area contributed by atoms with E-state index in [0.29, 0.717) is 12.4 Å². The molecule has 0 unspecified atom stereocenters. The lowest BCUT2D eigenvalue weighted by Crippen LogP contribution is -2.24. The van der Waals surface area contributed by atoms with Gasteiger partial charge >= 0.3 is 6.03 Å². The predicted molar refractivity (Wildman–Crippen MR) is 85.2 cm³/mol. The zero-order valence-corrected chi connectivity index (χ0v) is 12.7.